The van der Waals surface area contributed by atoms with Crippen molar-refractivity contribution in [3.05, 3.63) is 69.2 Å². The lowest BCUT2D eigenvalue weighted by Gasteiger charge is -2.37. The standard InChI is InChI=1S/C19H9BrN6O3/c20-8-5-6-11-12(7-8)21-17(29)19(11)13-14(22-18-23-24-25-26(18)19)9-3-1-2-4-10(9)15(27)16(13)28/h1-7H,(H,21,29)(H,22,23,25). The molecule has 2 aliphatic heterocycles. The van der Waals surface area contributed by atoms with Crippen LogP contribution in [0, 0.1) is 0 Å². The first-order valence-corrected chi connectivity index (χ1v) is 9.43. The van der Waals surface area contributed by atoms with Crippen molar-refractivity contribution in [2.45, 2.75) is 5.54 Å². The van der Waals surface area contributed by atoms with E-state index < -0.39 is 23.0 Å². The molecule has 1 aliphatic carbocycles. The van der Waals surface area contributed by atoms with Gasteiger partial charge in [-0.15, -0.1) is 0 Å². The molecule has 1 unspecified atom stereocenters. The number of carbonyl (C=O) groups excluding carboxylic acids is 3. The minimum atomic E-state index is -1.68. The van der Waals surface area contributed by atoms with Crippen molar-refractivity contribution < 1.29 is 14.4 Å². The maximum absolute atomic E-state index is 13.4. The van der Waals surface area contributed by atoms with Gasteiger partial charge < -0.3 is 10.6 Å². The molecule has 2 N–H and O–H groups in total. The highest BCUT2D eigenvalue weighted by atomic mass is 79.9. The van der Waals surface area contributed by atoms with E-state index in [-0.39, 0.29) is 17.1 Å². The van der Waals surface area contributed by atoms with Gasteiger partial charge in [0.05, 0.1) is 11.3 Å². The molecular weight excluding hydrogens is 440 g/mol. The lowest BCUT2D eigenvalue weighted by Crippen LogP contribution is -2.52. The van der Waals surface area contributed by atoms with Crippen LogP contribution >= 0.6 is 15.9 Å². The Morgan fingerprint density at radius 2 is 1.76 bits per heavy atom. The summed E-state index contributed by atoms with van der Waals surface area (Å²) in [7, 11) is 0. The number of halogens is 1. The Kier molecular flexibility index (Phi) is 2.94. The molecule has 3 aromatic rings. The average molecular weight is 449 g/mol. The van der Waals surface area contributed by atoms with Crippen molar-refractivity contribution in [1.29, 1.82) is 0 Å². The second kappa shape index (κ2) is 5.23. The Balaban J connectivity index is 1.79. The molecule has 3 aliphatic rings. The van der Waals surface area contributed by atoms with E-state index in [0.717, 1.165) is 4.47 Å². The van der Waals surface area contributed by atoms with Crippen LogP contribution in [0.5, 0.6) is 0 Å². The number of anilines is 2. The van der Waals surface area contributed by atoms with Crippen molar-refractivity contribution in [2.75, 3.05) is 10.6 Å². The lowest BCUT2D eigenvalue weighted by atomic mass is 9.73. The van der Waals surface area contributed by atoms with Crippen molar-refractivity contribution in [2.24, 2.45) is 0 Å². The van der Waals surface area contributed by atoms with E-state index in [2.05, 4.69) is 42.1 Å². The van der Waals surface area contributed by atoms with Gasteiger partial charge in [-0.1, -0.05) is 51.4 Å². The number of nitrogens with one attached hydrogen (secondary N) is 2. The highest BCUT2D eigenvalue weighted by Gasteiger charge is 2.61. The molecule has 1 amide bonds. The van der Waals surface area contributed by atoms with Crippen molar-refractivity contribution >= 4 is 50.7 Å². The summed E-state index contributed by atoms with van der Waals surface area (Å²) in [4.78, 5) is 39.7. The molecule has 3 heterocycles. The van der Waals surface area contributed by atoms with Crippen molar-refractivity contribution in [3.8, 4) is 0 Å². The molecule has 0 saturated carbocycles. The number of benzene rings is 2. The van der Waals surface area contributed by atoms with Gasteiger partial charge in [0.2, 0.25) is 23.1 Å². The number of ketones is 2. The minimum Gasteiger partial charge on any atom is -0.323 e. The van der Waals surface area contributed by atoms with Crippen LogP contribution in [0.2, 0.25) is 0 Å². The molecule has 9 nitrogen and oxygen atoms in total. The molecule has 1 spiro atoms. The number of aromatic nitrogens is 4. The van der Waals surface area contributed by atoms with Crippen LogP contribution in [0.25, 0.3) is 5.70 Å². The molecule has 0 radical (unpaired) electrons. The zero-order chi connectivity index (χ0) is 19.9. The fourth-order valence-corrected chi connectivity index (χ4v) is 4.66. The van der Waals surface area contributed by atoms with E-state index >= 15 is 0 Å². The van der Waals surface area contributed by atoms with Crippen LogP contribution in [-0.2, 0) is 15.1 Å². The van der Waals surface area contributed by atoms with Crippen LogP contribution in [0.3, 0.4) is 0 Å². The zero-order valence-corrected chi connectivity index (χ0v) is 16.0. The molecular formula is C19H9BrN6O3. The van der Waals surface area contributed by atoms with Gasteiger partial charge in [-0.25, -0.2) is 0 Å². The number of Topliss-reactive ketones (excluding diaryl/α,β-unsaturated/α-hetero) is 2. The average Bonchev–Trinajstić information content (AvgIpc) is 3.29. The van der Waals surface area contributed by atoms with Gasteiger partial charge in [-0.05, 0) is 22.6 Å². The van der Waals surface area contributed by atoms with E-state index in [1.54, 1.807) is 42.5 Å². The predicted octanol–water partition coefficient (Wildman–Crippen LogP) is 1.73. The van der Waals surface area contributed by atoms with Gasteiger partial charge in [-0.2, -0.15) is 4.68 Å². The highest BCUT2D eigenvalue weighted by Crippen LogP contribution is 2.51. The zero-order valence-electron chi connectivity index (χ0n) is 14.4. The summed E-state index contributed by atoms with van der Waals surface area (Å²) in [5, 5.41) is 17.5. The van der Waals surface area contributed by atoms with Gasteiger partial charge >= 0.3 is 0 Å². The van der Waals surface area contributed by atoms with Crippen LogP contribution < -0.4 is 10.6 Å². The minimum absolute atomic E-state index is 0.0135. The molecule has 0 saturated heterocycles. The molecule has 6 rings (SSSR count). The third-order valence-electron chi connectivity index (χ3n) is 5.46. The number of rotatable bonds is 0. The number of hydrogen-bond donors (Lipinski definition) is 2. The lowest BCUT2D eigenvalue weighted by molar-refractivity contribution is -0.123. The maximum atomic E-state index is 13.4. The van der Waals surface area contributed by atoms with Gasteiger partial charge in [0.15, 0.2) is 0 Å². The van der Waals surface area contributed by atoms with Gasteiger partial charge in [0, 0.05) is 26.9 Å². The third-order valence-corrected chi connectivity index (χ3v) is 5.95. The molecule has 10 heteroatoms. The van der Waals surface area contributed by atoms with Crippen molar-refractivity contribution in [3.63, 3.8) is 0 Å². The summed E-state index contributed by atoms with van der Waals surface area (Å²) in [6.07, 6.45) is 0. The number of carbonyl (C=O) groups is 3. The normalized spacial score (nSPS) is 21.3. The molecule has 0 fully saturated rings. The van der Waals surface area contributed by atoms with E-state index in [4.69, 9.17) is 0 Å². The summed E-state index contributed by atoms with van der Waals surface area (Å²) in [6, 6.07) is 12.0. The predicted molar refractivity (Wildman–Crippen MR) is 104 cm³/mol. The summed E-state index contributed by atoms with van der Waals surface area (Å²) in [6.45, 7) is 0. The molecule has 0 bridgehead atoms. The van der Waals surface area contributed by atoms with Crippen LogP contribution in [0.4, 0.5) is 11.6 Å². The first-order chi connectivity index (χ1) is 14.0. The summed E-state index contributed by atoms with van der Waals surface area (Å²) in [5.74, 6) is -1.74. The number of amides is 1. The maximum Gasteiger partial charge on any atom is 0.262 e. The first kappa shape index (κ1) is 16.3. The summed E-state index contributed by atoms with van der Waals surface area (Å²) < 4.78 is 2.02. The van der Waals surface area contributed by atoms with E-state index in [1.165, 1.54) is 4.68 Å². The molecule has 29 heavy (non-hydrogen) atoms. The second-order valence-corrected chi connectivity index (χ2v) is 7.76. The summed E-state index contributed by atoms with van der Waals surface area (Å²) in [5.41, 5.74) is 0.495. The fourth-order valence-electron chi connectivity index (χ4n) is 4.30. The van der Waals surface area contributed by atoms with Gasteiger partial charge in [-0.3, -0.25) is 14.4 Å². The molecule has 1 atom stereocenters. The Bertz CT molecular complexity index is 1340. The van der Waals surface area contributed by atoms with E-state index in [9.17, 15) is 14.4 Å². The Morgan fingerprint density at radius 1 is 0.966 bits per heavy atom. The first-order valence-electron chi connectivity index (χ1n) is 8.64. The number of fused-ring (bicyclic) bond motifs is 7. The second-order valence-electron chi connectivity index (χ2n) is 6.85. The topological polar surface area (TPSA) is 119 Å². The van der Waals surface area contributed by atoms with Crippen molar-refractivity contribution in [1.82, 2.24) is 20.2 Å². The monoisotopic (exact) mass is 448 g/mol. The smallest absolute Gasteiger partial charge is 0.262 e. The SMILES string of the molecule is O=C1C(=O)c2ccccc2C2=C1C1(C(=O)Nc3cc(Br)ccc31)n1nnnc1N2. The van der Waals surface area contributed by atoms with Gasteiger partial charge in [0.25, 0.3) is 5.91 Å². The Labute approximate surface area is 170 Å². The van der Waals surface area contributed by atoms with Crippen LogP contribution in [0.1, 0.15) is 21.5 Å². The Hall–Kier alpha value is -3.66. The van der Waals surface area contributed by atoms with E-state index in [1.807, 2.05) is 0 Å². The number of nitrogens with zero attached hydrogens (tertiary/aromatic N) is 4. The molecule has 1 aromatic heterocycles. The Morgan fingerprint density at radius 3 is 2.59 bits per heavy atom. The molecule has 140 valence electrons. The van der Waals surface area contributed by atoms with Gasteiger partial charge in [0.1, 0.15) is 0 Å². The largest absolute Gasteiger partial charge is 0.323 e. The van der Waals surface area contributed by atoms with E-state index in [0.29, 0.717) is 22.5 Å². The quantitative estimate of drug-likeness (QED) is 0.502. The number of hydrogen-bond acceptors (Lipinski definition) is 7. The number of tetrazole rings is 1. The van der Waals surface area contributed by atoms with Crippen LogP contribution in [-0.4, -0.2) is 37.7 Å². The highest BCUT2D eigenvalue weighted by molar-refractivity contribution is 9.10. The van der Waals surface area contributed by atoms with Crippen LogP contribution in [0.15, 0.2) is 52.5 Å². The fraction of sp³-hybridized carbons (Fsp3) is 0.0526. The summed E-state index contributed by atoms with van der Waals surface area (Å²) >= 11 is 3.39. The molecule has 2 aromatic carbocycles. The third kappa shape index (κ3) is 1.79.